The normalized spacial score (nSPS) is 11.6. The third kappa shape index (κ3) is 1.49. The summed E-state index contributed by atoms with van der Waals surface area (Å²) in [5.74, 6) is 0. The molecule has 0 aromatic carbocycles. The maximum Gasteiger partial charge on any atom is 0.0661 e. The molecule has 0 saturated carbocycles. The van der Waals surface area contributed by atoms with E-state index in [0.717, 1.165) is 6.54 Å². The van der Waals surface area contributed by atoms with Gasteiger partial charge >= 0.3 is 0 Å². The van der Waals surface area contributed by atoms with Crippen LogP contribution in [0.5, 0.6) is 0 Å². The average molecular weight is 268 g/mol. The number of halogens is 2. The van der Waals surface area contributed by atoms with Crippen molar-refractivity contribution >= 4 is 40.2 Å². The van der Waals surface area contributed by atoms with E-state index in [1.54, 1.807) is 0 Å². The van der Waals surface area contributed by atoms with Crippen LogP contribution in [0, 0.1) is 0 Å². The highest BCUT2D eigenvalue weighted by Crippen LogP contribution is 2.11. The lowest BCUT2D eigenvalue weighted by Crippen LogP contribution is -1.70. The van der Waals surface area contributed by atoms with Crippen LogP contribution in [0.4, 0.5) is 0 Å². The lowest BCUT2D eigenvalue weighted by Gasteiger charge is -1.77. The predicted octanol–water partition coefficient (Wildman–Crippen LogP) is 2.10. The lowest BCUT2D eigenvalue weighted by atomic mass is 10.2. The Kier molecular flexibility index (Phi) is 3.89. The molecule has 0 unspecified atom stereocenters. The zero-order chi connectivity index (χ0) is 5.40. The average Bonchev–Trinajstić information content (AvgIpc) is 2.15. The smallest absolute Gasteiger partial charge is 0.0661 e. The molecule has 1 aliphatic heterocycles. The van der Waals surface area contributed by atoms with E-state index in [0.29, 0.717) is 0 Å². The molecule has 4 heteroatoms. The number of aromatic amines is 1. The minimum absolute atomic E-state index is 0. The van der Waals surface area contributed by atoms with Crippen LogP contribution in [-0.4, -0.2) is 11.2 Å². The Hall–Kier alpha value is -0.0900. The summed E-state index contributed by atoms with van der Waals surface area (Å²) in [6, 6.07) is 0. The zero-order valence-corrected chi connectivity index (χ0v) is 8.63. The number of hydrogen-bond donors (Lipinski definition) is 1. The minimum atomic E-state index is 0. The van der Waals surface area contributed by atoms with Gasteiger partial charge in [-0.3, -0.25) is 4.99 Å². The maximum atomic E-state index is 4.07. The first-order valence-electron chi connectivity index (χ1n) is 2.62. The number of rotatable bonds is 0. The molecule has 0 fully saturated rings. The molecule has 0 spiro atoms. The topological polar surface area (TPSA) is 28.1 Å². The van der Waals surface area contributed by atoms with E-state index in [-0.39, 0.29) is 34.0 Å². The van der Waals surface area contributed by atoms with Gasteiger partial charge in [0.1, 0.15) is 0 Å². The molecule has 0 bridgehead atoms. The van der Waals surface area contributed by atoms with Crippen molar-refractivity contribution in [2.45, 2.75) is 6.54 Å². The molecule has 0 amide bonds. The van der Waals surface area contributed by atoms with Gasteiger partial charge in [-0.2, -0.15) is 0 Å². The quantitative estimate of drug-likeness (QED) is 0.746. The molecule has 0 saturated heterocycles. The molecule has 1 N–H and O–H groups in total. The van der Waals surface area contributed by atoms with Gasteiger partial charge in [-0.1, -0.05) is 0 Å². The highest BCUT2D eigenvalue weighted by Gasteiger charge is 2.03. The van der Waals surface area contributed by atoms with Crippen LogP contribution >= 0.6 is 34.0 Å². The number of nitrogens with one attached hydrogen (secondary N) is 1. The minimum Gasteiger partial charge on any atom is -0.367 e. The molecule has 2 heterocycles. The summed E-state index contributed by atoms with van der Waals surface area (Å²) in [6.45, 7) is 0.860. The molecular weight excluding hydrogens is 260 g/mol. The summed E-state index contributed by atoms with van der Waals surface area (Å²) in [4.78, 5) is 7.08. The van der Waals surface area contributed by atoms with Crippen LogP contribution in [-0.2, 0) is 6.54 Å². The molecule has 2 nitrogen and oxygen atoms in total. The maximum absolute atomic E-state index is 4.07. The first-order chi connectivity index (χ1) is 3.97. The van der Waals surface area contributed by atoms with Crippen molar-refractivity contribution in [3.63, 3.8) is 0 Å². The van der Waals surface area contributed by atoms with Crippen LogP contribution in [0.15, 0.2) is 17.4 Å². The molecule has 1 aliphatic rings. The van der Waals surface area contributed by atoms with Crippen LogP contribution in [0.25, 0.3) is 0 Å². The number of aromatic nitrogens is 1. The fraction of sp³-hybridized carbons (Fsp3) is 0.167. The molecule has 1 aromatic rings. The van der Waals surface area contributed by atoms with Crippen molar-refractivity contribution in [2.24, 2.45) is 4.99 Å². The Morgan fingerprint density at radius 2 is 2.10 bits per heavy atom. The van der Waals surface area contributed by atoms with E-state index >= 15 is 0 Å². The number of hydrogen-bond acceptors (Lipinski definition) is 1. The second-order valence-corrected chi connectivity index (χ2v) is 1.91. The Balaban J connectivity index is 0.000000405. The van der Waals surface area contributed by atoms with Gasteiger partial charge in [0.2, 0.25) is 0 Å². The summed E-state index contributed by atoms with van der Waals surface area (Å²) in [5, 5.41) is 0. The summed E-state index contributed by atoms with van der Waals surface area (Å²) in [6.07, 6.45) is 5.85. The SMILES string of the molecule is Br.Br.C1=NCc2c[nH]cc21. The first-order valence-corrected chi connectivity index (χ1v) is 2.62. The third-order valence-corrected chi connectivity index (χ3v) is 1.36. The number of H-pyrrole nitrogens is 1. The van der Waals surface area contributed by atoms with Gasteiger partial charge in [0.15, 0.2) is 0 Å². The van der Waals surface area contributed by atoms with Crippen molar-refractivity contribution in [1.82, 2.24) is 4.98 Å². The van der Waals surface area contributed by atoms with Crippen molar-refractivity contribution in [3.8, 4) is 0 Å². The summed E-state index contributed by atoms with van der Waals surface area (Å²) in [7, 11) is 0. The molecule has 0 aliphatic carbocycles. The van der Waals surface area contributed by atoms with Gasteiger partial charge in [0, 0.05) is 24.2 Å². The van der Waals surface area contributed by atoms with Crippen LogP contribution < -0.4 is 0 Å². The van der Waals surface area contributed by atoms with E-state index in [2.05, 4.69) is 9.98 Å². The van der Waals surface area contributed by atoms with Crippen molar-refractivity contribution in [1.29, 1.82) is 0 Å². The van der Waals surface area contributed by atoms with Gasteiger partial charge < -0.3 is 4.98 Å². The van der Waals surface area contributed by atoms with E-state index in [4.69, 9.17) is 0 Å². The number of aliphatic imine (C=N–C) groups is 1. The van der Waals surface area contributed by atoms with Crippen LogP contribution in [0.2, 0.25) is 0 Å². The van der Waals surface area contributed by atoms with Crippen molar-refractivity contribution in [2.75, 3.05) is 0 Å². The molecule has 0 atom stereocenters. The van der Waals surface area contributed by atoms with Crippen LogP contribution in [0.3, 0.4) is 0 Å². The number of fused-ring (bicyclic) bond motifs is 1. The van der Waals surface area contributed by atoms with E-state index < -0.39 is 0 Å². The second-order valence-electron chi connectivity index (χ2n) is 1.91. The fourth-order valence-corrected chi connectivity index (χ4v) is 0.908. The highest BCUT2D eigenvalue weighted by molar-refractivity contribution is 8.93. The van der Waals surface area contributed by atoms with Crippen LogP contribution in [0.1, 0.15) is 11.1 Å². The van der Waals surface area contributed by atoms with Gasteiger partial charge in [0.25, 0.3) is 0 Å². The van der Waals surface area contributed by atoms with Gasteiger partial charge in [-0.25, -0.2) is 0 Å². The summed E-state index contributed by atoms with van der Waals surface area (Å²) in [5.41, 5.74) is 2.55. The predicted molar refractivity (Wildman–Crippen MR) is 52.7 cm³/mol. The lowest BCUT2D eigenvalue weighted by molar-refractivity contribution is 1.11. The highest BCUT2D eigenvalue weighted by atomic mass is 79.9. The third-order valence-electron chi connectivity index (χ3n) is 1.36. The monoisotopic (exact) mass is 266 g/mol. The largest absolute Gasteiger partial charge is 0.367 e. The molecule has 2 rings (SSSR count). The molecular formula is C6H8Br2N2. The number of nitrogens with zero attached hydrogens (tertiary/aromatic N) is 1. The summed E-state index contributed by atoms with van der Waals surface area (Å²) >= 11 is 0. The van der Waals surface area contributed by atoms with Gasteiger partial charge in [-0.15, -0.1) is 34.0 Å². The Morgan fingerprint density at radius 3 is 2.80 bits per heavy atom. The van der Waals surface area contributed by atoms with Gasteiger partial charge in [0.05, 0.1) is 6.54 Å². The molecule has 10 heavy (non-hydrogen) atoms. The summed E-state index contributed by atoms with van der Waals surface area (Å²) < 4.78 is 0. The fourth-order valence-electron chi connectivity index (χ4n) is 0.908. The van der Waals surface area contributed by atoms with E-state index in [9.17, 15) is 0 Å². The van der Waals surface area contributed by atoms with E-state index in [1.807, 2.05) is 18.6 Å². The zero-order valence-electron chi connectivity index (χ0n) is 5.20. The van der Waals surface area contributed by atoms with Crippen molar-refractivity contribution in [3.05, 3.63) is 23.5 Å². The Labute approximate surface area is 80.3 Å². The van der Waals surface area contributed by atoms with E-state index in [1.165, 1.54) is 11.1 Å². The van der Waals surface area contributed by atoms with Gasteiger partial charge in [-0.05, 0) is 5.56 Å². The standard InChI is InChI=1S/C6H6N2.2BrH/c1-5-2-8-4-6(5)3-7-1;;/h1-3,7H,4H2;2*1H. The Morgan fingerprint density at radius 1 is 1.30 bits per heavy atom. The molecule has 1 aromatic heterocycles. The first kappa shape index (κ1) is 9.91. The molecule has 56 valence electrons. The second kappa shape index (κ2) is 3.93. The van der Waals surface area contributed by atoms with Crippen molar-refractivity contribution < 1.29 is 0 Å². The Bertz CT molecular complexity index is 229. The molecule has 0 radical (unpaired) electrons.